The van der Waals surface area contributed by atoms with E-state index >= 15 is 0 Å². The predicted octanol–water partition coefficient (Wildman–Crippen LogP) is 2.41. The molecule has 1 aliphatic heterocycles. The van der Waals surface area contributed by atoms with Gasteiger partial charge in [-0.3, -0.25) is 4.79 Å². The number of benzene rings is 2. The van der Waals surface area contributed by atoms with Gasteiger partial charge in [0.2, 0.25) is 0 Å². The van der Waals surface area contributed by atoms with Crippen LogP contribution in [0.2, 0.25) is 0 Å². The second-order valence-electron chi connectivity index (χ2n) is 5.92. The minimum atomic E-state index is -0.712. The first-order chi connectivity index (χ1) is 10.0. The van der Waals surface area contributed by atoms with E-state index < -0.39 is 5.60 Å². The molecule has 0 aliphatic carbocycles. The van der Waals surface area contributed by atoms with Crippen LogP contribution in [-0.2, 0) is 0 Å². The molecule has 1 amide bonds. The number of nitrogens with two attached hydrogens (primary N) is 1. The molecule has 0 atom stereocenters. The summed E-state index contributed by atoms with van der Waals surface area (Å²) in [5.41, 5.74) is 6.32. The Hall–Kier alpha value is -2.07. The van der Waals surface area contributed by atoms with Gasteiger partial charge in [0.15, 0.2) is 0 Å². The summed E-state index contributed by atoms with van der Waals surface area (Å²) >= 11 is 0. The second-order valence-corrected chi connectivity index (χ2v) is 5.92. The number of anilines is 1. The molecule has 0 saturated carbocycles. The standard InChI is InChI=1S/C17H20N2O2/c1-2-7-17(21)10-19(11-17)16(20)14-8-12-5-3-4-6-13(12)9-15(14)18/h3-6,8-9,21H,2,7,10-11,18H2,1H3. The van der Waals surface area contributed by atoms with Crippen LogP contribution in [0.4, 0.5) is 5.69 Å². The van der Waals surface area contributed by atoms with Gasteiger partial charge in [-0.1, -0.05) is 37.6 Å². The highest BCUT2D eigenvalue weighted by molar-refractivity contribution is 6.04. The third-order valence-electron chi connectivity index (χ3n) is 4.12. The van der Waals surface area contributed by atoms with Crippen molar-refractivity contribution in [1.82, 2.24) is 4.90 Å². The molecule has 0 spiro atoms. The fraction of sp³-hybridized carbons (Fsp3) is 0.353. The maximum absolute atomic E-state index is 12.5. The second kappa shape index (κ2) is 5.04. The lowest BCUT2D eigenvalue weighted by Gasteiger charge is -2.46. The maximum atomic E-state index is 12.5. The number of carbonyl (C=O) groups excluding carboxylic acids is 1. The minimum absolute atomic E-state index is 0.0981. The molecule has 0 unspecified atom stereocenters. The van der Waals surface area contributed by atoms with Crippen LogP contribution in [0.3, 0.4) is 0 Å². The van der Waals surface area contributed by atoms with E-state index in [1.807, 2.05) is 43.3 Å². The Labute approximate surface area is 124 Å². The zero-order chi connectivity index (χ0) is 15.0. The molecule has 1 fully saturated rings. The van der Waals surface area contributed by atoms with Crippen molar-refractivity contribution in [2.24, 2.45) is 0 Å². The number of amides is 1. The molecule has 3 rings (SSSR count). The van der Waals surface area contributed by atoms with Crippen molar-refractivity contribution in [2.75, 3.05) is 18.8 Å². The predicted molar refractivity (Wildman–Crippen MR) is 84.1 cm³/mol. The monoisotopic (exact) mass is 284 g/mol. The summed E-state index contributed by atoms with van der Waals surface area (Å²) in [5, 5.41) is 12.2. The molecule has 2 aromatic rings. The third kappa shape index (κ3) is 2.47. The third-order valence-corrected chi connectivity index (χ3v) is 4.12. The smallest absolute Gasteiger partial charge is 0.256 e. The van der Waals surface area contributed by atoms with E-state index in [9.17, 15) is 9.90 Å². The molecular formula is C17H20N2O2. The average molecular weight is 284 g/mol. The number of nitrogens with zero attached hydrogens (tertiary/aromatic N) is 1. The number of aliphatic hydroxyl groups is 1. The van der Waals surface area contributed by atoms with Crippen molar-refractivity contribution in [3.8, 4) is 0 Å². The summed E-state index contributed by atoms with van der Waals surface area (Å²) < 4.78 is 0. The summed E-state index contributed by atoms with van der Waals surface area (Å²) in [6.45, 7) is 2.82. The molecule has 0 aromatic heterocycles. The zero-order valence-electron chi connectivity index (χ0n) is 12.2. The highest BCUT2D eigenvalue weighted by Gasteiger charge is 2.43. The van der Waals surface area contributed by atoms with Crippen LogP contribution >= 0.6 is 0 Å². The van der Waals surface area contributed by atoms with E-state index in [4.69, 9.17) is 5.73 Å². The Balaban J connectivity index is 1.84. The molecule has 21 heavy (non-hydrogen) atoms. The van der Waals surface area contributed by atoms with Crippen LogP contribution in [0.1, 0.15) is 30.1 Å². The number of likely N-dealkylation sites (tertiary alicyclic amines) is 1. The van der Waals surface area contributed by atoms with Crippen LogP contribution in [0.5, 0.6) is 0 Å². The number of β-amino-alcohol motifs (C(OH)–C–C–N with tert-alkyl or cyclic N) is 1. The van der Waals surface area contributed by atoms with Crippen molar-refractivity contribution >= 4 is 22.4 Å². The number of carbonyl (C=O) groups is 1. The lowest BCUT2D eigenvalue weighted by atomic mass is 9.88. The Morgan fingerprint density at radius 1 is 1.29 bits per heavy atom. The SMILES string of the molecule is CCCC1(O)CN(C(=O)c2cc3ccccc3cc2N)C1. The first-order valence-electron chi connectivity index (χ1n) is 7.32. The van der Waals surface area contributed by atoms with Gasteiger partial charge >= 0.3 is 0 Å². The average Bonchev–Trinajstić information content (AvgIpc) is 2.43. The number of rotatable bonds is 3. The number of hydrogen-bond acceptors (Lipinski definition) is 3. The van der Waals surface area contributed by atoms with Gasteiger partial charge in [0.25, 0.3) is 5.91 Å². The van der Waals surface area contributed by atoms with Crippen molar-refractivity contribution in [3.05, 3.63) is 42.0 Å². The summed E-state index contributed by atoms with van der Waals surface area (Å²) in [6.07, 6.45) is 1.64. The maximum Gasteiger partial charge on any atom is 0.256 e. The fourth-order valence-electron chi connectivity index (χ4n) is 3.04. The largest absolute Gasteiger partial charge is 0.398 e. The number of nitrogen functional groups attached to an aromatic ring is 1. The highest BCUT2D eigenvalue weighted by atomic mass is 16.3. The normalized spacial score (nSPS) is 16.8. The zero-order valence-corrected chi connectivity index (χ0v) is 12.2. The first kappa shape index (κ1) is 13.9. The molecule has 1 saturated heterocycles. The van der Waals surface area contributed by atoms with Crippen molar-refractivity contribution in [3.63, 3.8) is 0 Å². The molecule has 0 radical (unpaired) electrons. The van der Waals surface area contributed by atoms with Crippen LogP contribution in [0.25, 0.3) is 10.8 Å². The lowest BCUT2D eigenvalue weighted by Crippen LogP contribution is -2.63. The van der Waals surface area contributed by atoms with Crippen LogP contribution in [-0.4, -0.2) is 34.6 Å². The Kier molecular flexibility index (Phi) is 3.33. The summed E-state index contributed by atoms with van der Waals surface area (Å²) in [7, 11) is 0. The van der Waals surface area contributed by atoms with Gasteiger partial charge in [0.05, 0.1) is 24.3 Å². The Morgan fingerprint density at radius 3 is 2.52 bits per heavy atom. The van der Waals surface area contributed by atoms with Gasteiger partial charge in [-0.2, -0.15) is 0 Å². The molecular weight excluding hydrogens is 264 g/mol. The van der Waals surface area contributed by atoms with Crippen molar-refractivity contribution in [1.29, 1.82) is 0 Å². The van der Waals surface area contributed by atoms with E-state index in [2.05, 4.69) is 0 Å². The topological polar surface area (TPSA) is 66.6 Å². The molecule has 3 N–H and O–H groups in total. The fourth-order valence-corrected chi connectivity index (χ4v) is 3.04. The van der Waals surface area contributed by atoms with Gasteiger partial charge in [-0.15, -0.1) is 0 Å². The van der Waals surface area contributed by atoms with Gasteiger partial charge in [-0.05, 0) is 29.3 Å². The van der Waals surface area contributed by atoms with Gasteiger partial charge < -0.3 is 15.7 Å². The van der Waals surface area contributed by atoms with Crippen molar-refractivity contribution < 1.29 is 9.90 Å². The van der Waals surface area contributed by atoms with E-state index in [-0.39, 0.29) is 5.91 Å². The minimum Gasteiger partial charge on any atom is -0.398 e. The van der Waals surface area contributed by atoms with E-state index in [1.165, 1.54) is 0 Å². The Morgan fingerprint density at radius 2 is 1.90 bits per heavy atom. The summed E-state index contributed by atoms with van der Waals surface area (Å²) in [6, 6.07) is 11.5. The molecule has 110 valence electrons. The van der Waals surface area contributed by atoms with Crippen molar-refractivity contribution in [2.45, 2.75) is 25.4 Å². The number of hydrogen-bond donors (Lipinski definition) is 2. The molecule has 1 heterocycles. The molecule has 4 nitrogen and oxygen atoms in total. The quantitative estimate of drug-likeness (QED) is 0.851. The van der Waals surface area contributed by atoms with Crippen LogP contribution < -0.4 is 5.73 Å². The Bertz CT molecular complexity index is 690. The number of fused-ring (bicyclic) bond motifs is 1. The van der Waals surface area contributed by atoms with E-state index in [0.29, 0.717) is 24.3 Å². The lowest BCUT2D eigenvalue weighted by molar-refractivity contribution is -0.0859. The highest BCUT2D eigenvalue weighted by Crippen LogP contribution is 2.30. The van der Waals surface area contributed by atoms with Gasteiger partial charge in [-0.25, -0.2) is 0 Å². The molecule has 4 heteroatoms. The first-order valence-corrected chi connectivity index (χ1v) is 7.32. The molecule has 0 bridgehead atoms. The van der Waals surface area contributed by atoms with Crippen LogP contribution in [0, 0.1) is 0 Å². The van der Waals surface area contributed by atoms with E-state index in [0.717, 1.165) is 23.6 Å². The summed E-state index contributed by atoms with van der Waals surface area (Å²) in [5.74, 6) is -0.0981. The van der Waals surface area contributed by atoms with E-state index in [1.54, 1.807) is 4.90 Å². The van der Waals surface area contributed by atoms with Gasteiger partial charge in [0.1, 0.15) is 0 Å². The molecule has 2 aromatic carbocycles. The van der Waals surface area contributed by atoms with Gasteiger partial charge in [0, 0.05) is 5.69 Å². The molecule has 1 aliphatic rings. The summed E-state index contributed by atoms with van der Waals surface area (Å²) in [4.78, 5) is 14.2. The van der Waals surface area contributed by atoms with Crippen LogP contribution in [0.15, 0.2) is 36.4 Å².